The highest BCUT2D eigenvalue weighted by molar-refractivity contribution is 6.62. The zero-order valence-electron chi connectivity index (χ0n) is 12.6. The fourth-order valence-electron chi connectivity index (χ4n) is 1.97. The smallest absolute Gasteiger partial charge is 0.494 e. The van der Waals surface area contributed by atoms with E-state index in [4.69, 9.17) is 25.6 Å². The van der Waals surface area contributed by atoms with Crippen LogP contribution < -0.4 is 10.2 Å². The van der Waals surface area contributed by atoms with Crippen LogP contribution in [-0.2, 0) is 9.31 Å². The molecule has 0 radical (unpaired) electrons. The van der Waals surface area contributed by atoms with E-state index in [2.05, 4.69) is 0 Å². The predicted molar refractivity (Wildman–Crippen MR) is 83.0 cm³/mol. The first-order valence-electron chi connectivity index (χ1n) is 7.00. The summed E-state index contributed by atoms with van der Waals surface area (Å²) in [6, 6.07) is 7.85. The molecule has 1 aliphatic rings. The summed E-state index contributed by atoms with van der Waals surface area (Å²) < 4.78 is 17.7. The maximum atomic E-state index is 6.03. The van der Waals surface area contributed by atoms with Crippen molar-refractivity contribution in [3.8, 4) is 5.75 Å². The van der Waals surface area contributed by atoms with E-state index in [9.17, 15) is 0 Å². The van der Waals surface area contributed by atoms with E-state index >= 15 is 0 Å². The number of hydrogen-bond donors (Lipinski definition) is 0. The number of alkyl halides is 1. The zero-order valence-corrected chi connectivity index (χ0v) is 13.4. The fourth-order valence-corrected chi connectivity index (χ4v) is 2.08. The van der Waals surface area contributed by atoms with Gasteiger partial charge in [0, 0.05) is 5.88 Å². The first-order valence-corrected chi connectivity index (χ1v) is 7.53. The van der Waals surface area contributed by atoms with E-state index in [-0.39, 0.29) is 18.3 Å². The third-order valence-electron chi connectivity index (χ3n) is 3.93. The van der Waals surface area contributed by atoms with Gasteiger partial charge in [0.15, 0.2) is 0 Å². The van der Waals surface area contributed by atoms with Crippen molar-refractivity contribution in [2.75, 3.05) is 12.5 Å². The molecule has 1 heterocycles. The van der Waals surface area contributed by atoms with Crippen molar-refractivity contribution in [2.45, 2.75) is 45.3 Å². The Labute approximate surface area is 126 Å². The van der Waals surface area contributed by atoms with Gasteiger partial charge >= 0.3 is 7.12 Å². The Morgan fingerprint density at radius 3 is 2.40 bits per heavy atom. The summed E-state index contributed by atoms with van der Waals surface area (Å²) in [5.41, 5.74) is 0.326. The lowest BCUT2D eigenvalue weighted by atomic mass is 9.79. The summed E-state index contributed by atoms with van der Waals surface area (Å²) >= 11 is 5.65. The SMILES string of the molecule is CC1(C)OB(c2cccc(OCCCCl)c2)OC1(C)C. The topological polar surface area (TPSA) is 27.7 Å². The molecule has 0 aliphatic carbocycles. The molecule has 0 aromatic heterocycles. The van der Waals surface area contributed by atoms with Crippen molar-refractivity contribution < 1.29 is 14.0 Å². The molecule has 0 unspecified atom stereocenters. The fraction of sp³-hybridized carbons (Fsp3) is 0.600. The first-order chi connectivity index (χ1) is 9.36. The monoisotopic (exact) mass is 296 g/mol. The quantitative estimate of drug-likeness (QED) is 0.475. The van der Waals surface area contributed by atoms with E-state index < -0.39 is 0 Å². The molecule has 1 aliphatic heterocycles. The number of hydrogen-bond acceptors (Lipinski definition) is 3. The molecule has 1 fully saturated rings. The zero-order chi connectivity index (χ0) is 14.8. The van der Waals surface area contributed by atoms with Crippen LogP contribution in [0.25, 0.3) is 0 Å². The van der Waals surface area contributed by atoms with Crippen LogP contribution in [0.4, 0.5) is 0 Å². The molecular formula is C15H22BClO3. The third-order valence-corrected chi connectivity index (χ3v) is 4.20. The molecule has 2 rings (SSSR count). The molecule has 20 heavy (non-hydrogen) atoms. The molecule has 0 N–H and O–H groups in total. The summed E-state index contributed by atoms with van der Waals surface area (Å²) in [7, 11) is -0.350. The first kappa shape index (κ1) is 15.7. The van der Waals surface area contributed by atoms with Crippen LogP contribution in [0.2, 0.25) is 0 Å². The molecule has 1 saturated heterocycles. The minimum Gasteiger partial charge on any atom is -0.494 e. The summed E-state index contributed by atoms with van der Waals surface area (Å²) in [5, 5.41) is 0. The number of ether oxygens (including phenoxy) is 1. The molecule has 0 amide bonds. The molecule has 1 aromatic rings. The van der Waals surface area contributed by atoms with Gasteiger partial charge in [-0.25, -0.2) is 0 Å². The van der Waals surface area contributed by atoms with Gasteiger partial charge in [0.25, 0.3) is 0 Å². The van der Waals surface area contributed by atoms with Gasteiger partial charge < -0.3 is 14.0 Å². The Hall–Kier alpha value is -0.705. The molecule has 0 spiro atoms. The Morgan fingerprint density at radius 1 is 1.15 bits per heavy atom. The molecule has 3 nitrogen and oxygen atoms in total. The highest BCUT2D eigenvalue weighted by atomic mass is 35.5. The van der Waals surface area contributed by atoms with E-state index in [0.29, 0.717) is 12.5 Å². The average molecular weight is 297 g/mol. The molecule has 110 valence electrons. The van der Waals surface area contributed by atoms with Crippen molar-refractivity contribution >= 4 is 24.2 Å². The third kappa shape index (κ3) is 3.30. The normalized spacial score (nSPS) is 20.1. The van der Waals surface area contributed by atoms with E-state index in [0.717, 1.165) is 17.6 Å². The summed E-state index contributed by atoms with van der Waals surface area (Å²) in [6.45, 7) is 8.82. The van der Waals surface area contributed by atoms with Gasteiger partial charge in [-0.1, -0.05) is 12.1 Å². The van der Waals surface area contributed by atoms with Crippen LogP contribution in [-0.4, -0.2) is 30.8 Å². The van der Waals surface area contributed by atoms with E-state index in [1.54, 1.807) is 0 Å². The Kier molecular flexibility index (Phi) is 4.67. The second-order valence-electron chi connectivity index (χ2n) is 6.05. The lowest BCUT2D eigenvalue weighted by Gasteiger charge is -2.32. The molecule has 1 aromatic carbocycles. The van der Waals surface area contributed by atoms with Gasteiger partial charge in [-0.05, 0) is 51.7 Å². The maximum absolute atomic E-state index is 6.03. The van der Waals surface area contributed by atoms with Gasteiger partial charge in [-0.15, -0.1) is 11.6 Å². The minimum absolute atomic E-state index is 0.326. The van der Waals surface area contributed by atoms with Crippen LogP contribution in [0.5, 0.6) is 5.75 Å². The van der Waals surface area contributed by atoms with Crippen molar-refractivity contribution in [3.05, 3.63) is 24.3 Å². The van der Waals surface area contributed by atoms with Gasteiger partial charge in [-0.2, -0.15) is 0 Å². The van der Waals surface area contributed by atoms with E-state index in [1.807, 2.05) is 52.0 Å². The lowest BCUT2D eigenvalue weighted by molar-refractivity contribution is 0.00578. The summed E-state index contributed by atoms with van der Waals surface area (Å²) in [4.78, 5) is 0. The Morgan fingerprint density at radius 2 is 1.80 bits per heavy atom. The van der Waals surface area contributed by atoms with Crippen LogP contribution in [0.3, 0.4) is 0 Å². The minimum atomic E-state index is -0.350. The highest BCUT2D eigenvalue weighted by Gasteiger charge is 2.51. The van der Waals surface area contributed by atoms with Gasteiger partial charge in [0.05, 0.1) is 17.8 Å². The summed E-state index contributed by atoms with van der Waals surface area (Å²) in [5.74, 6) is 1.43. The van der Waals surface area contributed by atoms with Gasteiger partial charge in [0.1, 0.15) is 5.75 Å². The largest absolute Gasteiger partial charge is 0.494 e. The van der Waals surface area contributed by atoms with Crippen LogP contribution in [0, 0.1) is 0 Å². The van der Waals surface area contributed by atoms with Crippen LogP contribution in [0.15, 0.2) is 24.3 Å². The second kappa shape index (κ2) is 5.96. The Bertz CT molecular complexity index is 446. The number of benzene rings is 1. The van der Waals surface area contributed by atoms with Crippen LogP contribution in [0.1, 0.15) is 34.1 Å². The molecule has 5 heteroatoms. The molecule has 0 bridgehead atoms. The number of rotatable bonds is 5. The lowest BCUT2D eigenvalue weighted by Crippen LogP contribution is -2.41. The van der Waals surface area contributed by atoms with Gasteiger partial charge in [-0.3, -0.25) is 0 Å². The predicted octanol–water partition coefficient (Wildman–Crippen LogP) is 2.99. The number of halogens is 1. The summed E-state index contributed by atoms with van der Waals surface area (Å²) in [6.07, 6.45) is 0.836. The standard InChI is InChI=1S/C15H22BClO3/c1-14(2)15(3,4)20-16(19-14)12-7-5-8-13(11-12)18-10-6-9-17/h5,7-8,11H,6,9-10H2,1-4H3. The highest BCUT2D eigenvalue weighted by Crippen LogP contribution is 2.36. The van der Waals surface area contributed by atoms with E-state index in [1.165, 1.54) is 0 Å². The maximum Gasteiger partial charge on any atom is 0.494 e. The van der Waals surface area contributed by atoms with Crippen molar-refractivity contribution in [1.29, 1.82) is 0 Å². The molecule has 0 atom stereocenters. The second-order valence-corrected chi connectivity index (χ2v) is 6.43. The Balaban J connectivity index is 2.09. The average Bonchev–Trinajstić information content (AvgIpc) is 2.59. The van der Waals surface area contributed by atoms with Crippen molar-refractivity contribution in [1.82, 2.24) is 0 Å². The van der Waals surface area contributed by atoms with Gasteiger partial charge in [0.2, 0.25) is 0 Å². The molecule has 0 saturated carbocycles. The van der Waals surface area contributed by atoms with Crippen molar-refractivity contribution in [2.24, 2.45) is 0 Å². The van der Waals surface area contributed by atoms with Crippen molar-refractivity contribution in [3.63, 3.8) is 0 Å². The van der Waals surface area contributed by atoms with Crippen LogP contribution >= 0.6 is 11.6 Å². The molecular weight excluding hydrogens is 274 g/mol.